The third kappa shape index (κ3) is 2.51. The highest BCUT2D eigenvalue weighted by molar-refractivity contribution is 6.20. The summed E-state index contributed by atoms with van der Waals surface area (Å²) in [4.78, 5) is 0. The summed E-state index contributed by atoms with van der Waals surface area (Å²) in [6, 6.07) is 0. The van der Waals surface area contributed by atoms with Crippen molar-refractivity contribution in [1.29, 1.82) is 0 Å². The van der Waals surface area contributed by atoms with Crippen molar-refractivity contribution in [3.63, 3.8) is 0 Å². The molecule has 104 valence electrons. The lowest BCUT2D eigenvalue weighted by Crippen LogP contribution is -2.30. The quantitative estimate of drug-likeness (QED) is 0.689. The zero-order valence-electron chi connectivity index (χ0n) is 12.3. The van der Waals surface area contributed by atoms with Crippen LogP contribution in [0.1, 0.15) is 19.3 Å². The number of fused-ring (bicyclic) bond motifs is 1. The Morgan fingerprint density at radius 3 is 2.57 bits per heavy atom. The molecule has 0 amide bonds. The van der Waals surface area contributed by atoms with Crippen molar-refractivity contribution in [3.05, 3.63) is 74.9 Å². The summed E-state index contributed by atoms with van der Waals surface area (Å²) >= 11 is 0. The fraction of sp³-hybridized carbons (Fsp3) is 0.263. The minimum Gasteiger partial charge on any atom is -0.0902 e. The number of hydrogen-bond acceptors (Lipinski definition) is 1. The second kappa shape index (κ2) is 5.70. The zero-order valence-corrected chi connectivity index (χ0v) is 12.3. The predicted octanol–water partition coefficient (Wildman–Crippen LogP) is 2.98. The minimum atomic E-state index is 0.465. The minimum absolute atomic E-state index is 0.465. The average molecular weight is 275 g/mol. The predicted molar refractivity (Wildman–Crippen MR) is 84.9 cm³/mol. The molecule has 10 radical (unpaired) electrons. The molecule has 0 aromatic carbocycles. The normalized spacial score (nSPS) is 33.1. The van der Waals surface area contributed by atoms with Gasteiger partial charge in [-0.25, -0.2) is 0 Å². The van der Waals surface area contributed by atoms with Crippen LogP contribution in [0.4, 0.5) is 0 Å². The van der Waals surface area contributed by atoms with Crippen LogP contribution in [0.15, 0.2) is 16.8 Å². The fourth-order valence-corrected chi connectivity index (χ4v) is 3.61. The van der Waals surface area contributed by atoms with Crippen molar-refractivity contribution in [1.82, 2.24) is 0 Å². The van der Waals surface area contributed by atoms with Gasteiger partial charge < -0.3 is 0 Å². The molecule has 3 saturated carbocycles. The molecule has 21 heavy (non-hydrogen) atoms. The van der Waals surface area contributed by atoms with E-state index < -0.39 is 0 Å². The summed E-state index contributed by atoms with van der Waals surface area (Å²) in [5, 5.41) is 4.83. The second-order valence-corrected chi connectivity index (χ2v) is 5.90. The average Bonchev–Trinajstić information content (AvgIpc) is 3.20. The number of allylic oxidation sites excluding steroid dienone is 2. The molecule has 2 heteroatoms. The summed E-state index contributed by atoms with van der Waals surface area (Å²) in [5.41, 5.74) is 4.09. The molecule has 1 aliphatic heterocycles. The van der Waals surface area contributed by atoms with Gasteiger partial charge in [-0.2, -0.15) is 0 Å². The molecular weight excluding hydrogens is 256 g/mol. The van der Waals surface area contributed by atoms with Gasteiger partial charge in [0.1, 0.15) is 5.71 Å². The molecule has 3 aliphatic carbocycles. The van der Waals surface area contributed by atoms with Crippen LogP contribution in [0.3, 0.4) is 0 Å². The summed E-state index contributed by atoms with van der Waals surface area (Å²) in [7, 11) is 2.09. The molecule has 1 unspecified atom stereocenters. The first-order valence-corrected chi connectivity index (χ1v) is 7.67. The second-order valence-electron chi connectivity index (χ2n) is 5.90. The lowest BCUT2D eigenvalue weighted by atomic mass is 9.76. The van der Waals surface area contributed by atoms with E-state index in [1.165, 1.54) is 41.7 Å². The smallest absolute Gasteiger partial charge is 0.0902 e. The highest BCUT2D eigenvalue weighted by Crippen LogP contribution is 2.38. The van der Waals surface area contributed by atoms with E-state index in [2.05, 4.69) is 69.2 Å². The fourth-order valence-electron chi connectivity index (χ4n) is 3.61. The molecule has 0 bridgehead atoms. The first kappa shape index (κ1) is 13.7. The Morgan fingerprint density at radius 1 is 1.10 bits per heavy atom. The SMILES string of the molecule is C[N+]1=C2/C(=C/[C]3[CH][CH][CH][CH]3)CCCC2C([C]2[CH][CH][CH][CH]2)=N1. The molecule has 0 spiro atoms. The maximum atomic E-state index is 4.83. The van der Waals surface area contributed by atoms with E-state index in [1.54, 1.807) is 0 Å². The van der Waals surface area contributed by atoms with Crippen molar-refractivity contribution in [2.75, 3.05) is 7.05 Å². The van der Waals surface area contributed by atoms with Crippen LogP contribution in [0.25, 0.3) is 0 Å². The summed E-state index contributed by atoms with van der Waals surface area (Å²) < 4.78 is 2.10. The molecule has 0 aromatic rings. The summed E-state index contributed by atoms with van der Waals surface area (Å²) in [6.07, 6.45) is 23.0. The molecule has 4 aliphatic rings. The Hall–Kier alpha value is -0.920. The molecule has 0 saturated heterocycles. The first-order valence-electron chi connectivity index (χ1n) is 7.67. The molecule has 1 atom stereocenters. The number of hydrazone groups is 1. The van der Waals surface area contributed by atoms with E-state index in [9.17, 15) is 0 Å². The molecule has 2 nitrogen and oxygen atoms in total. The molecule has 1 heterocycles. The monoisotopic (exact) mass is 275 g/mol. The lowest BCUT2D eigenvalue weighted by Gasteiger charge is -2.22. The highest BCUT2D eigenvalue weighted by Gasteiger charge is 2.44. The van der Waals surface area contributed by atoms with Crippen LogP contribution in [0.5, 0.6) is 0 Å². The van der Waals surface area contributed by atoms with Gasteiger partial charge in [0.15, 0.2) is 7.05 Å². The van der Waals surface area contributed by atoms with E-state index in [0.717, 1.165) is 6.42 Å². The maximum absolute atomic E-state index is 4.83. The topological polar surface area (TPSA) is 15.4 Å². The van der Waals surface area contributed by atoms with E-state index >= 15 is 0 Å². The van der Waals surface area contributed by atoms with Crippen LogP contribution in [-0.2, 0) is 0 Å². The van der Waals surface area contributed by atoms with Crippen molar-refractivity contribution in [2.24, 2.45) is 11.0 Å². The van der Waals surface area contributed by atoms with Crippen LogP contribution >= 0.6 is 0 Å². The largest absolute Gasteiger partial charge is 0.219 e. The van der Waals surface area contributed by atoms with Gasteiger partial charge in [0.2, 0.25) is 5.71 Å². The van der Waals surface area contributed by atoms with Gasteiger partial charge in [0.25, 0.3) is 0 Å². The third-order valence-corrected chi connectivity index (χ3v) is 4.52. The van der Waals surface area contributed by atoms with Crippen LogP contribution in [0.2, 0.25) is 0 Å². The molecular formula is C19H19N2+. The Balaban J connectivity index is 1.59. The van der Waals surface area contributed by atoms with Crippen LogP contribution < -0.4 is 0 Å². The Kier molecular flexibility index (Phi) is 3.72. The van der Waals surface area contributed by atoms with E-state index in [-0.39, 0.29) is 0 Å². The van der Waals surface area contributed by atoms with Gasteiger partial charge in [-0.15, -0.1) is 0 Å². The van der Waals surface area contributed by atoms with Crippen molar-refractivity contribution >= 4 is 11.4 Å². The molecule has 0 aromatic heterocycles. The number of hydrogen-bond donors (Lipinski definition) is 0. The zero-order chi connectivity index (χ0) is 14.2. The number of rotatable bonds is 2. The van der Waals surface area contributed by atoms with Gasteiger partial charge in [0.05, 0.1) is 5.92 Å². The van der Waals surface area contributed by atoms with Crippen molar-refractivity contribution in [3.8, 4) is 0 Å². The van der Waals surface area contributed by atoms with Gasteiger partial charge >= 0.3 is 0 Å². The standard InChI is InChI=1S/C19H19N2/c1-21-19-16(13-14-7-2-3-8-14)11-6-12-17(19)18(20-21)15-9-4-5-10-15/h2-5,7-10,13,17H,6,11-12H2,1H3/q+1/b16-13+. The molecule has 0 N–H and O–H groups in total. The Bertz CT molecular complexity index is 500. The summed E-state index contributed by atoms with van der Waals surface area (Å²) in [5.74, 6) is 3.04. The number of nitrogens with zero attached hydrogens (tertiary/aromatic N) is 2. The third-order valence-electron chi connectivity index (χ3n) is 4.52. The van der Waals surface area contributed by atoms with Crippen LogP contribution in [0, 0.1) is 69.1 Å². The van der Waals surface area contributed by atoms with Crippen molar-refractivity contribution < 1.29 is 4.68 Å². The first-order chi connectivity index (χ1) is 10.3. The molecule has 4 rings (SSSR count). The molecule has 3 fully saturated rings. The lowest BCUT2D eigenvalue weighted by molar-refractivity contribution is -0.499. The van der Waals surface area contributed by atoms with Crippen molar-refractivity contribution in [2.45, 2.75) is 19.3 Å². The van der Waals surface area contributed by atoms with Gasteiger partial charge in [-0.05, 0) is 75.7 Å². The van der Waals surface area contributed by atoms with E-state index in [0.29, 0.717) is 5.92 Å². The summed E-state index contributed by atoms with van der Waals surface area (Å²) in [6.45, 7) is 0. The van der Waals surface area contributed by atoms with Crippen LogP contribution in [-0.4, -0.2) is 23.2 Å². The van der Waals surface area contributed by atoms with Gasteiger partial charge in [-0.1, -0.05) is 10.8 Å². The highest BCUT2D eigenvalue weighted by atomic mass is 15.4. The Morgan fingerprint density at radius 2 is 1.81 bits per heavy atom. The van der Waals surface area contributed by atoms with Gasteiger partial charge in [-0.3, -0.25) is 0 Å². The maximum Gasteiger partial charge on any atom is 0.219 e. The van der Waals surface area contributed by atoms with E-state index in [1.807, 2.05) is 0 Å². The van der Waals surface area contributed by atoms with E-state index in [4.69, 9.17) is 5.10 Å². The van der Waals surface area contributed by atoms with Gasteiger partial charge in [0, 0.05) is 17.4 Å². The Labute approximate surface area is 129 Å².